The SMILES string of the molecule is O=S(=O)(CCSc1nc2ccccc2o1)C(F)(F)F. The van der Waals surface area contributed by atoms with E-state index in [9.17, 15) is 21.6 Å². The summed E-state index contributed by atoms with van der Waals surface area (Å²) < 4.78 is 63.2. The molecule has 2 aromatic rings. The molecule has 0 aliphatic rings. The third-order valence-electron chi connectivity index (χ3n) is 2.20. The minimum Gasteiger partial charge on any atom is -0.431 e. The molecule has 0 amide bonds. The molecule has 0 saturated heterocycles. The van der Waals surface area contributed by atoms with Crippen LogP contribution in [0.1, 0.15) is 0 Å². The van der Waals surface area contributed by atoms with Crippen LogP contribution in [0.25, 0.3) is 11.1 Å². The minimum absolute atomic E-state index is 0.151. The number of oxazole rings is 1. The molecular weight excluding hydrogens is 303 g/mol. The van der Waals surface area contributed by atoms with Crippen molar-refractivity contribution >= 4 is 32.7 Å². The summed E-state index contributed by atoms with van der Waals surface area (Å²) in [6.07, 6.45) is 0. The number of alkyl halides is 3. The molecule has 0 spiro atoms. The van der Waals surface area contributed by atoms with Gasteiger partial charge in [-0.15, -0.1) is 0 Å². The van der Waals surface area contributed by atoms with E-state index in [4.69, 9.17) is 4.42 Å². The average molecular weight is 311 g/mol. The Kier molecular flexibility index (Phi) is 3.77. The highest BCUT2D eigenvalue weighted by atomic mass is 32.2. The second-order valence-electron chi connectivity index (χ2n) is 3.56. The molecule has 0 radical (unpaired) electrons. The Hall–Kier alpha value is -1.22. The number of thioether (sulfide) groups is 1. The first-order valence-electron chi connectivity index (χ1n) is 5.07. The zero-order chi connectivity index (χ0) is 14.1. The van der Waals surface area contributed by atoms with E-state index in [-0.39, 0.29) is 11.0 Å². The first-order valence-corrected chi connectivity index (χ1v) is 7.71. The maximum atomic E-state index is 12.1. The smallest absolute Gasteiger partial charge is 0.431 e. The molecule has 0 unspecified atom stereocenters. The van der Waals surface area contributed by atoms with Gasteiger partial charge in [0.15, 0.2) is 5.58 Å². The third kappa shape index (κ3) is 3.21. The van der Waals surface area contributed by atoms with Crippen LogP contribution in [0, 0.1) is 0 Å². The van der Waals surface area contributed by atoms with Gasteiger partial charge in [-0.3, -0.25) is 0 Å². The van der Waals surface area contributed by atoms with Gasteiger partial charge in [0, 0.05) is 5.75 Å². The second kappa shape index (κ2) is 5.04. The largest absolute Gasteiger partial charge is 0.497 e. The van der Waals surface area contributed by atoms with Crippen LogP contribution >= 0.6 is 11.8 Å². The van der Waals surface area contributed by atoms with Crippen LogP contribution in [-0.4, -0.2) is 30.4 Å². The van der Waals surface area contributed by atoms with Crippen LogP contribution in [0.3, 0.4) is 0 Å². The summed E-state index contributed by atoms with van der Waals surface area (Å²) in [5.74, 6) is -1.27. The number of benzene rings is 1. The molecule has 1 aromatic heterocycles. The number of sulfone groups is 1. The van der Waals surface area contributed by atoms with E-state index >= 15 is 0 Å². The van der Waals surface area contributed by atoms with E-state index in [2.05, 4.69) is 4.98 Å². The molecule has 0 aliphatic carbocycles. The van der Waals surface area contributed by atoms with Gasteiger partial charge in [-0.25, -0.2) is 13.4 Å². The average Bonchev–Trinajstić information content (AvgIpc) is 2.69. The topological polar surface area (TPSA) is 60.2 Å². The van der Waals surface area contributed by atoms with Crippen LogP contribution in [-0.2, 0) is 9.84 Å². The number of hydrogen-bond acceptors (Lipinski definition) is 5. The maximum absolute atomic E-state index is 12.1. The van der Waals surface area contributed by atoms with Crippen molar-refractivity contribution in [2.75, 3.05) is 11.5 Å². The van der Waals surface area contributed by atoms with Gasteiger partial charge < -0.3 is 4.42 Å². The Bertz CT molecular complexity index is 646. The zero-order valence-corrected chi connectivity index (χ0v) is 11.0. The summed E-state index contributed by atoms with van der Waals surface area (Å²) >= 11 is 0.832. The molecule has 9 heteroatoms. The molecule has 0 bridgehead atoms. The van der Waals surface area contributed by atoms with Crippen LogP contribution in [0.2, 0.25) is 0 Å². The van der Waals surface area contributed by atoms with Crippen molar-refractivity contribution in [2.24, 2.45) is 0 Å². The van der Waals surface area contributed by atoms with E-state index in [0.717, 1.165) is 11.8 Å². The lowest BCUT2D eigenvalue weighted by molar-refractivity contribution is -0.0434. The lowest BCUT2D eigenvalue weighted by atomic mass is 10.3. The van der Waals surface area contributed by atoms with Gasteiger partial charge in [0.1, 0.15) is 5.52 Å². The van der Waals surface area contributed by atoms with Gasteiger partial charge in [0.2, 0.25) is 9.84 Å². The molecule has 2 rings (SSSR count). The second-order valence-corrected chi connectivity index (χ2v) is 6.71. The third-order valence-corrected chi connectivity index (χ3v) is 4.74. The normalized spacial score (nSPS) is 13.0. The van der Waals surface area contributed by atoms with Gasteiger partial charge >= 0.3 is 5.51 Å². The quantitative estimate of drug-likeness (QED) is 0.813. The van der Waals surface area contributed by atoms with Crippen molar-refractivity contribution in [1.29, 1.82) is 0 Å². The van der Waals surface area contributed by atoms with Crippen LogP contribution in [0.4, 0.5) is 13.2 Å². The zero-order valence-electron chi connectivity index (χ0n) is 9.35. The van der Waals surface area contributed by atoms with E-state index in [1.165, 1.54) is 0 Å². The number of aromatic nitrogens is 1. The molecule has 104 valence electrons. The van der Waals surface area contributed by atoms with Crippen molar-refractivity contribution in [3.63, 3.8) is 0 Å². The molecule has 0 atom stereocenters. The van der Waals surface area contributed by atoms with Crippen molar-refractivity contribution in [2.45, 2.75) is 10.7 Å². The summed E-state index contributed by atoms with van der Waals surface area (Å²) in [5, 5.41) is 0.151. The molecule has 0 fully saturated rings. The molecule has 0 N–H and O–H groups in total. The van der Waals surface area contributed by atoms with Crippen molar-refractivity contribution in [1.82, 2.24) is 4.98 Å². The molecule has 4 nitrogen and oxygen atoms in total. The maximum Gasteiger partial charge on any atom is 0.497 e. The highest BCUT2D eigenvalue weighted by molar-refractivity contribution is 8.00. The number of fused-ring (bicyclic) bond motifs is 1. The monoisotopic (exact) mass is 311 g/mol. The predicted octanol–water partition coefficient (Wildman–Crippen LogP) is 2.85. The van der Waals surface area contributed by atoms with Crippen molar-refractivity contribution in [3.05, 3.63) is 24.3 Å². The summed E-state index contributed by atoms with van der Waals surface area (Å²) in [6.45, 7) is 0. The van der Waals surface area contributed by atoms with Crippen molar-refractivity contribution in [3.8, 4) is 0 Å². The Balaban J connectivity index is 2.00. The highest BCUT2D eigenvalue weighted by Crippen LogP contribution is 2.27. The van der Waals surface area contributed by atoms with Crippen LogP contribution in [0.5, 0.6) is 0 Å². The molecular formula is C10H8F3NO3S2. The fourth-order valence-corrected chi connectivity index (χ4v) is 3.20. The predicted molar refractivity (Wildman–Crippen MR) is 64.6 cm³/mol. The highest BCUT2D eigenvalue weighted by Gasteiger charge is 2.44. The van der Waals surface area contributed by atoms with Gasteiger partial charge in [-0.2, -0.15) is 13.2 Å². The molecule has 19 heavy (non-hydrogen) atoms. The Morgan fingerprint density at radius 1 is 1.26 bits per heavy atom. The molecule has 1 aromatic carbocycles. The van der Waals surface area contributed by atoms with E-state index in [1.54, 1.807) is 24.3 Å². The summed E-state index contributed by atoms with van der Waals surface area (Å²) in [4.78, 5) is 4.01. The summed E-state index contributed by atoms with van der Waals surface area (Å²) in [5.41, 5.74) is -4.14. The van der Waals surface area contributed by atoms with Gasteiger partial charge in [0.05, 0.1) is 5.75 Å². The lowest BCUT2D eigenvalue weighted by Gasteiger charge is -2.06. The molecule has 0 aliphatic heterocycles. The molecule has 1 heterocycles. The number of para-hydroxylation sites is 2. The van der Waals surface area contributed by atoms with Gasteiger partial charge in [-0.1, -0.05) is 23.9 Å². The van der Waals surface area contributed by atoms with Crippen LogP contribution in [0.15, 0.2) is 33.9 Å². The first kappa shape index (κ1) is 14.2. The first-order chi connectivity index (χ1) is 8.79. The minimum atomic E-state index is -5.21. The van der Waals surface area contributed by atoms with E-state index < -0.39 is 21.1 Å². The summed E-state index contributed by atoms with van der Waals surface area (Å²) in [6, 6.07) is 6.83. The van der Waals surface area contributed by atoms with Crippen LogP contribution < -0.4 is 0 Å². The van der Waals surface area contributed by atoms with Crippen molar-refractivity contribution < 1.29 is 26.0 Å². The fraction of sp³-hybridized carbons (Fsp3) is 0.300. The lowest BCUT2D eigenvalue weighted by Crippen LogP contribution is -2.27. The van der Waals surface area contributed by atoms with E-state index in [0.29, 0.717) is 11.1 Å². The number of halogens is 3. The summed E-state index contributed by atoms with van der Waals surface area (Å²) in [7, 11) is -5.09. The number of hydrogen-bond donors (Lipinski definition) is 0. The Labute approximate surface area is 110 Å². The standard InChI is InChI=1S/C10H8F3NO3S2/c11-10(12,13)19(15,16)6-5-18-9-14-7-3-1-2-4-8(7)17-9/h1-4H,5-6H2. The Morgan fingerprint density at radius 3 is 2.58 bits per heavy atom. The number of nitrogens with zero attached hydrogens (tertiary/aromatic N) is 1. The van der Waals surface area contributed by atoms with Gasteiger partial charge in [-0.05, 0) is 12.1 Å². The number of rotatable bonds is 4. The fourth-order valence-electron chi connectivity index (χ4n) is 1.27. The van der Waals surface area contributed by atoms with Gasteiger partial charge in [0.25, 0.3) is 5.22 Å². The molecule has 0 saturated carbocycles. The van der Waals surface area contributed by atoms with E-state index in [1.807, 2.05) is 0 Å². The Morgan fingerprint density at radius 2 is 1.95 bits per heavy atom.